The summed E-state index contributed by atoms with van der Waals surface area (Å²) in [6.45, 7) is 0.472. The summed E-state index contributed by atoms with van der Waals surface area (Å²) in [7, 11) is 0. The van der Waals surface area contributed by atoms with E-state index in [1.54, 1.807) is 29.3 Å². The minimum Gasteiger partial charge on any atom is -0.457 e. The lowest BCUT2D eigenvalue weighted by Crippen LogP contribution is -2.30. The Kier molecular flexibility index (Phi) is 6.50. The van der Waals surface area contributed by atoms with Crippen LogP contribution in [0.5, 0.6) is 11.5 Å². The Morgan fingerprint density at radius 1 is 0.800 bits per heavy atom. The van der Waals surface area contributed by atoms with Crippen LogP contribution < -0.4 is 10.1 Å². The molecule has 0 saturated heterocycles. The molecule has 4 nitrogen and oxygen atoms in total. The van der Waals surface area contributed by atoms with Crippen molar-refractivity contribution in [2.45, 2.75) is 5.92 Å². The Bertz CT molecular complexity index is 1340. The second-order valence-electron chi connectivity index (χ2n) is 8.05. The summed E-state index contributed by atoms with van der Waals surface area (Å²) in [5.41, 5.74) is 3.22. The minimum absolute atomic E-state index is 0.151. The van der Waals surface area contributed by atoms with Crippen molar-refractivity contribution in [3.8, 4) is 11.5 Å². The SMILES string of the molecule is Fc1ccc(C2=NN(C(=S)Nc3ccc(Oc4ccccc4)cc3)CC2c2ccc(F)cc2)cc1. The number of hydrogen-bond donors (Lipinski definition) is 1. The predicted molar refractivity (Wildman–Crippen MR) is 138 cm³/mol. The molecule has 4 aromatic rings. The summed E-state index contributed by atoms with van der Waals surface area (Å²) in [5, 5.41) is 10.1. The molecule has 0 spiro atoms. The lowest BCUT2D eigenvalue weighted by molar-refractivity contribution is 0.481. The number of para-hydroxylation sites is 1. The molecule has 0 aromatic heterocycles. The Morgan fingerprint density at radius 2 is 1.40 bits per heavy atom. The Morgan fingerprint density at radius 3 is 2.06 bits per heavy atom. The average molecular weight is 486 g/mol. The molecule has 174 valence electrons. The first-order valence-corrected chi connectivity index (χ1v) is 11.5. The summed E-state index contributed by atoms with van der Waals surface area (Å²) < 4.78 is 32.9. The van der Waals surface area contributed by atoms with Gasteiger partial charge in [0.1, 0.15) is 23.1 Å². The number of nitrogens with zero attached hydrogens (tertiary/aromatic N) is 2. The molecule has 0 radical (unpaired) electrons. The summed E-state index contributed by atoms with van der Waals surface area (Å²) in [6.07, 6.45) is 0. The van der Waals surface area contributed by atoms with E-state index in [1.165, 1.54) is 24.3 Å². The summed E-state index contributed by atoms with van der Waals surface area (Å²) in [6, 6.07) is 29.5. The van der Waals surface area contributed by atoms with E-state index >= 15 is 0 Å². The van der Waals surface area contributed by atoms with E-state index in [0.29, 0.717) is 17.4 Å². The summed E-state index contributed by atoms with van der Waals surface area (Å²) >= 11 is 5.64. The molecule has 1 aliphatic heterocycles. The first kappa shape index (κ1) is 22.7. The molecule has 7 heteroatoms. The van der Waals surface area contributed by atoms with E-state index in [9.17, 15) is 8.78 Å². The van der Waals surface area contributed by atoms with Gasteiger partial charge in [0.05, 0.1) is 12.3 Å². The molecule has 4 aromatic carbocycles. The lowest BCUT2D eigenvalue weighted by Gasteiger charge is -2.18. The fourth-order valence-corrected chi connectivity index (χ4v) is 4.12. The van der Waals surface area contributed by atoms with Crippen molar-refractivity contribution in [1.82, 2.24) is 5.01 Å². The quantitative estimate of drug-likeness (QED) is 0.310. The third-order valence-electron chi connectivity index (χ3n) is 5.65. The van der Waals surface area contributed by atoms with Crippen molar-refractivity contribution < 1.29 is 13.5 Å². The van der Waals surface area contributed by atoms with E-state index < -0.39 is 0 Å². The van der Waals surface area contributed by atoms with Crippen LogP contribution in [0, 0.1) is 11.6 Å². The molecular weight excluding hydrogens is 464 g/mol. The van der Waals surface area contributed by atoms with E-state index in [2.05, 4.69) is 5.32 Å². The Balaban J connectivity index is 1.33. The number of halogens is 2. The van der Waals surface area contributed by atoms with Gasteiger partial charge in [-0.25, -0.2) is 13.8 Å². The number of benzene rings is 4. The molecule has 1 heterocycles. The Hall–Kier alpha value is -4.10. The highest BCUT2D eigenvalue weighted by molar-refractivity contribution is 7.80. The van der Waals surface area contributed by atoms with Crippen molar-refractivity contribution in [2.75, 3.05) is 11.9 Å². The van der Waals surface area contributed by atoms with Crippen LogP contribution in [0.1, 0.15) is 17.0 Å². The molecule has 5 rings (SSSR count). The van der Waals surface area contributed by atoms with Crippen molar-refractivity contribution >= 4 is 28.7 Å². The zero-order valence-electron chi connectivity index (χ0n) is 18.6. The molecule has 0 fully saturated rings. The van der Waals surface area contributed by atoms with Gasteiger partial charge in [-0.2, -0.15) is 5.10 Å². The number of nitrogens with one attached hydrogen (secondary N) is 1. The average Bonchev–Trinajstić information content (AvgIpc) is 3.32. The maximum Gasteiger partial charge on any atom is 0.194 e. The maximum absolute atomic E-state index is 13.5. The van der Waals surface area contributed by atoms with Gasteiger partial charge in [0.25, 0.3) is 0 Å². The lowest BCUT2D eigenvalue weighted by atomic mass is 9.90. The van der Waals surface area contributed by atoms with Gasteiger partial charge < -0.3 is 10.1 Å². The topological polar surface area (TPSA) is 36.9 Å². The van der Waals surface area contributed by atoms with Gasteiger partial charge in [-0.05, 0) is 84.0 Å². The monoisotopic (exact) mass is 485 g/mol. The smallest absolute Gasteiger partial charge is 0.194 e. The van der Waals surface area contributed by atoms with Gasteiger partial charge in [-0.1, -0.05) is 42.5 Å². The molecule has 1 aliphatic rings. The van der Waals surface area contributed by atoms with Gasteiger partial charge in [-0.3, -0.25) is 0 Å². The van der Waals surface area contributed by atoms with Gasteiger partial charge in [0, 0.05) is 11.6 Å². The summed E-state index contributed by atoms with van der Waals surface area (Å²) in [5.74, 6) is 0.694. The molecular formula is C28H21F2N3OS. The van der Waals surface area contributed by atoms with E-state index in [4.69, 9.17) is 22.1 Å². The van der Waals surface area contributed by atoms with E-state index in [0.717, 1.165) is 28.3 Å². The minimum atomic E-state index is -0.320. The van der Waals surface area contributed by atoms with E-state index in [1.807, 2.05) is 54.6 Å². The van der Waals surface area contributed by atoms with Gasteiger partial charge in [0.15, 0.2) is 5.11 Å². The predicted octanol–water partition coefficient (Wildman–Crippen LogP) is 6.96. The van der Waals surface area contributed by atoms with Crippen molar-refractivity contribution in [3.05, 3.63) is 126 Å². The number of rotatable bonds is 5. The van der Waals surface area contributed by atoms with Crippen LogP contribution in [0.15, 0.2) is 108 Å². The van der Waals surface area contributed by atoms with E-state index in [-0.39, 0.29) is 17.6 Å². The van der Waals surface area contributed by atoms with Crippen LogP contribution in [0.25, 0.3) is 0 Å². The molecule has 1 atom stereocenters. The van der Waals surface area contributed by atoms with Crippen LogP contribution in [0.2, 0.25) is 0 Å². The Labute approximate surface area is 207 Å². The largest absolute Gasteiger partial charge is 0.457 e. The first-order chi connectivity index (χ1) is 17.0. The highest BCUT2D eigenvalue weighted by atomic mass is 32.1. The van der Waals surface area contributed by atoms with Crippen molar-refractivity contribution in [1.29, 1.82) is 0 Å². The standard InChI is InChI=1S/C28H21F2N3OS/c29-21-10-6-19(7-11-21)26-18-33(32-27(26)20-8-12-22(30)13-9-20)28(35)31-23-14-16-25(17-15-23)34-24-4-2-1-3-5-24/h1-17,26H,18H2,(H,31,35). The molecule has 0 bridgehead atoms. The molecule has 35 heavy (non-hydrogen) atoms. The van der Waals surface area contributed by atoms with Crippen LogP contribution in [-0.4, -0.2) is 22.4 Å². The number of hydrazone groups is 1. The second-order valence-corrected chi connectivity index (χ2v) is 8.43. The zero-order valence-corrected chi connectivity index (χ0v) is 19.4. The fraction of sp³-hybridized carbons (Fsp3) is 0.0714. The molecule has 1 N–H and O–H groups in total. The van der Waals surface area contributed by atoms with Crippen molar-refractivity contribution in [2.24, 2.45) is 5.10 Å². The fourth-order valence-electron chi connectivity index (χ4n) is 3.89. The van der Waals surface area contributed by atoms with Gasteiger partial charge in [0.2, 0.25) is 0 Å². The van der Waals surface area contributed by atoms with Crippen LogP contribution >= 0.6 is 12.2 Å². The normalized spacial score (nSPS) is 15.0. The first-order valence-electron chi connectivity index (χ1n) is 11.1. The number of anilines is 1. The number of thiocarbonyl (C=S) groups is 1. The zero-order chi connectivity index (χ0) is 24.2. The number of ether oxygens (including phenoxy) is 1. The molecule has 1 unspecified atom stereocenters. The molecule has 0 amide bonds. The third kappa shape index (κ3) is 5.36. The van der Waals surface area contributed by atoms with Crippen LogP contribution in [0.3, 0.4) is 0 Å². The van der Waals surface area contributed by atoms with Gasteiger partial charge >= 0.3 is 0 Å². The van der Waals surface area contributed by atoms with Crippen molar-refractivity contribution in [3.63, 3.8) is 0 Å². The summed E-state index contributed by atoms with van der Waals surface area (Å²) in [4.78, 5) is 0. The third-order valence-corrected chi connectivity index (χ3v) is 5.96. The molecule has 0 aliphatic carbocycles. The second kappa shape index (κ2) is 10.0. The van der Waals surface area contributed by atoms with Crippen LogP contribution in [0.4, 0.5) is 14.5 Å². The van der Waals surface area contributed by atoms with Gasteiger partial charge in [-0.15, -0.1) is 0 Å². The van der Waals surface area contributed by atoms with Crippen LogP contribution in [-0.2, 0) is 0 Å². The highest BCUT2D eigenvalue weighted by Gasteiger charge is 2.31. The molecule has 0 saturated carbocycles. The number of hydrogen-bond acceptors (Lipinski definition) is 3. The maximum atomic E-state index is 13.5. The highest BCUT2D eigenvalue weighted by Crippen LogP contribution is 2.30.